The minimum atomic E-state index is -0.425. The number of nitrogens with one attached hydrogen (secondary N) is 1. The molecule has 1 aliphatic heterocycles. The van der Waals surface area contributed by atoms with E-state index in [1.165, 1.54) is 6.07 Å². The number of ether oxygens (including phenoxy) is 2. The summed E-state index contributed by atoms with van der Waals surface area (Å²) < 4.78 is 24.0. The molecule has 7 heteroatoms. The molecule has 2 aromatic rings. The largest absolute Gasteiger partial charge is 0.454 e. The number of nitrogens with zero attached hydrogens (tertiary/aromatic N) is 1. The Kier molecular flexibility index (Phi) is 4.83. The maximum absolute atomic E-state index is 13.4. The smallest absolute Gasteiger partial charge is 0.265 e. The van der Waals surface area contributed by atoms with Gasteiger partial charge in [-0.3, -0.25) is 4.79 Å². The molecule has 1 N–H and O–H groups in total. The molecule has 1 aliphatic rings. The zero-order chi connectivity index (χ0) is 17.8. The minimum absolute atomic E-state index is 0.200. The summed E-state index contributed by atoms with van der Waals surface area (Å²) in [6.45, 7) is 3.32. The molecule has 0 fully saturated rings. The van der Waals surface area contributed by atoms with Crippen molar-refractivity contribution in [1.82, 2.24) is 0 Å². The molecule has 0 unspecified atom stereocenters. The Balaban J connectivity index is 1.54. The van der Waals surface area contributed by atoms with Gasteiger partial charge in [0.15, 0.2) is 18.1 Å². The summed E-state index contributed by atoms with van der Waals surface area (Å²) in [6.07, 6.45) is 0. The highest BCUT2D eigenvalue weighted by molar-refractivity contribution is 5.99. The second kappa shape index (κ2) is 7.21. The number of fused-ring (bicyclic) bond motifs is 1. The first-order valence-corrected chi connectivity index (χ1v) is 7.65. The van der Waals surface area contributed by atoms with Crippen molar-refractivity contribution in [3.63, 3.8) is 0 Å². The number of hydrogen-bond acceptors (Lipinski definition) is 5. The fourth-order valence-electron chi connectivity index (χ4n) is 2.23. The topological polar surface area (TPSA) is 69.2 Å². The van der Waals surface area contributed by atoms with E-state index in [4.69, 9.17) is 14.3 Å². The van der Waals surface area contributed by atoms with Crippen molar-refractivity contribution >= 4 is 17.3 Å². The third kappa shape index (κ3) is 4.06. The van der Waals surface area contributed by atoms with Crippen LogP contribution >= 0.6 is 0 Å². The van der Waals surface area contributed by atoms with E-state index >= 15 is 0 Å². The fraction of sp³-hybridized carbons (Fsp3) is 0.222. The number of anilines is 1. The van der Waals surface area contributed by atoms with Crippen LogP contribution in [0.15, 0.2) is 41.6 Å². The molecule has 130 valence electrons. The van der Waals surface area contributed by atoms with Gasteiger partial charge in [0.05, 0.1) is 5.71 Å². The predicted molar refractivity (Wildman–Crippen MR) is 90.5 cm³/mol. The SMILES string of the molecule is C/C(=N\OCC(=O)Nc1ccc(C)c(F)c1)c1ccc2c(c1)OCO2. The molecule has 1 amide bonds. The van der Waals surface area contributed by atoms with Crippen molar-refractivity contribution in [1.29, 1.82) is 0 Å². The molecular weight excluding hydrogens is 327 g/mol. The molecule has 25 heavy (non-hydrogen) atoms. The summed E-state index contributed by atoms with van der Waals surface area (Å²) in [5.74, 6) is 0.522. The quantitative estimate of drug-likeness (QED) is 0.668. The number of benzene rings is 2. The summed E-state index contributed by atoms with van der Waals surface area (Å²) in [7, 11) is 0. The normalized spacial score (nSPS) is 12.8. The monoisotopic (exact) mass is 344 g/mol. The summed E-state index contributed by atoms with van der Waals surface area (Å²) in [4.78, 5) is 16.9. The van der Waals surface area contributed by atoms with Crippen LogP contribution in [0.5, 0.6) is 11.5 Å². The van der Waals surface area contributed by atoms with Crippen LogP contribution in [0.25, 0.3) is 0 Å². The number of carbonyl (C=O) groups excluding carboxylic acids is 1. The Hall–Kier alpha value is -3.09. The third-order valence-corrected chi connectivity index (χ3v) is 3.64. The summed E-state index contributed by atoms with van der Waals surface area (Å²) in [6, 6.07) is 9.87. The molecule has 2 aromatic carbocycles. The Morgan fingerprint density at radius 3 is 2.84 bits per heavy atom. The molecule has 3 rings (SSSR count). The zero-order valence-electron chi connectivity index (χ0n) is 13.8. The molecule has 0 saturated heterocycles. The van der Waals surface area contributed by atoms with Crippen molar-refractivity contribution < 1.29 is 23.5 Å². The van der Waals surface area contributed by atoms with E-state index in [0.29, 0.717) is 28.5 Å². The summed E-state index contributed by atoms with van der Waals surface area (Å²) in [5.41, 5.74) is 2.27. The number of oxime groups is 1. The highest BCUT2D eigenvalue weighted by atomic mass is 19.1. The maximum atomic E-state index is 13.4. The Bertz CT molecular complexity index is 836. The standard InChI is InChI=1S/C18H17FN2O4/c1-11-3-5-14(8-15(11)19)20-18(22)9-25-21-12(2)13-4-6-16-17(7-13)24-10-23-16/h3-8H,9-10H2,1-2H3,(H,20,22)/b21-12+. The van der Waals surface area contributed by atoms with Crippen molar-refractivity contribution in [2.75, 3.05) is 18.7 Å². The van der Waals surface area contributed by atoms with Crippen LogP contribution < -0.4 is 14.8 Å². The van der Waals surface area contributed by atoms with E-state index in [0.717, 1.165) is 5.56 Å². The molecule has 1 heterocycles. The van der Waals surface area contributed by atoms with Crippen molar-refractivity contribution in [2.24, 2.45) is 5.16 Å². The van der Waals surface area contributed by atoms with Gasteiger partial charge < -0.3 is 19.6 Å². The Morgan fingerprint density at radius 2 is 2.04 bits per heavy atom. The van der Waals surface area contributed by atoms with Crippen LogP contribution in [-0.4, -0.2) is 25.0 Å². The van der Waals surface area contributed by atoms with E-state index < -0.39 is 5.91 Å². The molecule has 0 saturated carbocycles. The lowest BCUT2D eigenvalue weighted by molar-refractivity contribution is -0.120. The predicted octanol–water partition coefficient (Wildman–Crippen LogP) is 3.24. The minimum Gasteiger partial charge on any atom is -0.454 e. The Morgan fingerprint density at radius 1 is 1.24 bits per heavy atom. The lowest BCUT2D eigenvalue weighted by Crippen LogP contribution is -2.17. The van der Waals surface area contributed by atoms with Gasteiger partial charge in [-0.25, -0.2) is 4.39 Å². The molecular formula is C18H17FN2O4. The number of aryl methyl sites for hydroxylation is 1. The van der Waals surface area contributed by atoms with E-state index in [9.17, 15) is 9.18 Å². The lowest BCUT2D eigenvalue weighted by Gasteiger charge is -2.06. The van der Waals surface area contributed by atoms with Crippen molar-refractivity contribution in [3.8, 4) is 11.5 Å². The van der Waals surface area contributed by atoms with E-state index in [1.807, 2.05) is 6.07 Å². The molecule has 0 aromatic heterocycles. The molecule has 0 radical (unpaired) electrons. The highest BCUT2D eigenvalue weighted by Gasteiger charge is 2.14. The first-order chi connectivity index (χ1) is 12.0. The average molecular weight is 344 g/mol. The maximum Gasteiger partial charge on any atom is 0.265 e. The highest BCUT2D eigenvalue weighted by Crippen LogP contribution is 2.32. The van der Waals surface area contributed by atoms with Crippen LogP contribution in [0.1, 0.15) is 18.1 Å². The van der Waals surface area contributed by atoms with Gasteiger partial charge in [-0.1, -0.05) is 11.2 Å². The van der Waals surface area contributed by atoms with Gasteiger partial charge in [0, 0.05) is 11.3 Å². The number of carbonyl (C=O) groups is 1. The van der Waals surface area contributed by atoms with E-state index in [1.54, 1.807) is 38.1 Å². The van der Waals surface area contributed by atoms with E-state index in [-0.39, 0.29) is 19.2 Å². The van der Waals surface area contributed by atoms with E-state index in [2.05, 4.69) is 10.5 Å². The van der Waals surface area contributed by atoms with Gasteiger partial charge in [0.2, 0.25) is 6.79 Å². The number of hydrogen-bond donors (Lipinski definition) is 1. The summed E-state index contributed by atoms with van der Waals surface area (Å²) in [5, 5.41) is 6.47. The van der Waals surface area contributed by atoms with Gasteiger partial charge in [-0.2, -0.15) is 0 Å². The molecule has 0 aliphatic carbocycles. The van der Waals surface area contributed by atoms with Crippen molar-refractivity contribution in [2.45, 2.75) is 13.8 Å². The van der Waals surface area contributed by atoms with Gasteiger partial charge in [-0.05, 0) is 49.7 Å². The molecule has 0 atom stereocenters. The van der Waals surface area contributed by atoms with Crippen molar-refractivity contribution in [3.05, 3.63) is 53.3 Å². The van der Waals surface area contributed by atoms with Crippen LogP contribution in [0, 0.1) is 12.7 Å². The molecule has 0 spiro atoms. The number of amides is 1. The molecule has 0 bridgehead atoms. The van der Waals surface area contributed by atoms with Crippen LogP contribution in [0.3, 0.4) is 0 Å². The second-order valence-electron chi connectivity index (χ2n) is 5.53. The lowest BCUT2D eigenvalue weighted by atomic mass is 10.1. The average Bonchev–Trinajstić information content (AvgIpc) is 3.05. The molecule has 6 nitrogen and oxygen atoms in total. The summed E-state index contributed by atoms with van der Waals surface area (Å²) >= 11 is 0. The third-order valence-electron chi connectivity index (χ3n) is 3.64. The zero-order valence-corrected chi connectivity index (χ0v) is 13.8. The van der Waals surface area contributed by atoms with Crippen LogP contribution in [-0.2, 0) is 9.63 Å². The fourth-order valence-corrected chi connectivity index (χ4v) is 2.23. The first kappa shape index (κ1) is 16.8. The first-order valence-electron chi connectivity index (χ1n) is 7.65. The van der Waals surface area contributed by atoms with Gasteiger partial charge >= 0.3 is 0 Å². The van der Waals surface area contributed by atoms with Gasteiger partial charge in [0.25, 0.3) is 5.91 Å². The van der Waals surface area contributed by atoms with Crippen LogP contribution in [0.2, 0.25) is 0 Å². The number of halogens is 1. The van der Waals surface area contributed by atoms with Crippen LogP contribution in [0.4, 0.5) is 10.1 Å². The number of rotatable bonds is 5. The second-order valence-corrected chi connectivity index (χ2v) is 5.53. The van der Waals surface area contributed by atoms with Gasteiger partial charge in [-0.15, -0.1) is 0 Å². The van der Waals surface area contributed by atoms with Gasteiger partial charge in [0.1, 0.15) is 5.82 Å². The Labute approximate surface area is 144 Å².